The van der Waals surface area contributed by atoms with Crippen LogP contribution in [-0.4, -0.2) is 48.2 Å². The lowest BCUT2D eigenvalue weighted by molar-refractivity contribution is -0.139. The maximum atomic E-state index is 12.5. The van der Waals surface area contributed by atoms with Gasteiger partial charge in [0.2, 0.25) is 5.91 Å². The van der Waals surface area contributed by atoms with Crippen LogP contribution in [0.1, 0.15) is 32.1 Å². The van der Waals surface area contributed by atoms with Crippen molar-refractivity contribution in [1.82, 2.24) is 4.90 Å². The molecule has 1 heterocycles. The lowest BCUT2D eigenvalue weighted by Gasteiger charge is -2.39. The van der Waals surface area contributed by atoms with E-state index in [9.17, 15) is 9.90 Å². The van der Waals surface area contributed by atoms with Gasteiger partial charge in [0, 0.05) is 31.9 Å². The molecule has 2 unspecified atom stereocenters. The molecular formula is C18H26N2O2. The number of piperidine rings is 1. The quantitative estimate of drug-likeness (QED) is 0.931. The number of hydrogen-bond donors (Lipinski definition) is 1. The van der Waals surface area contributed by atoms with Crippen molar-refractivity contribution in [3.8, 4) is 0 Å². The molecule has 120 valence electrons. The zero-order valence-electron chi connectivity index (χ0n) is 13.3. The summed E-state index contributed by atoms with van der Waals surface area (Å²) in [6.07, 6.45) is 4.19. The van der Waals surface area contributed by atoms with Crippen molar-refractivity contribution in [2.24, 2.45) is 5.92 Å². The summed E-state index contributed by atoms with van der Waals surface area (Å²) in [6, 6.07) is 10.9. The van der Waals surface area contributed by atoms with Crippen LogP contribution in [0.4, 0.5) is 5.69 Å². The Bertz CT molecular complexity index is 497. The Morgan fingerprint density at radius 1 is 1.14 bits per heavy atom. The molecule has 1 aromatic rings. The minimum absolute atomic E-state index is 0.150. The number of aliphatic hydroxyl groups is 1. The Labute approximate surface area is 132 Å². The molecule has 1 aliphatic carbocycles. The van der Waals surface area contributed by atoms with Gasteiger partial charge in [-0.3, -0.25) is 4.79 Å². The van der Waals surface area contributed by atoms with Crippen molar-refractivity contribution in [2.75, 3.05) is 25.0 Å². The van der Waals surface area contributed by atoms with Crippen molar-refractivity contribution in [1.29, 1.82) is 0 Å². The predicted octanol–water partition coefficient (Wildman–Crippen LogP) is 2.27. The van der Waals surface area contributed by atoms with Gasteiger partial charge in [0.15, 0.2) is 0 Å². The van der Waals surface area contributed by atoms with E-state index < -0.39 is 6.10 Å². The van der Waals surface area contributed by atoms with Crippen molar-refractivity contribution in [3.63, 3.8) is 0 Å². The zero-order valence-corrected chi connectivity index (χ0v) is 13.3. The number of amides is 1. The third-order valence-electron chi connectivity index (χ3n) is 5.28. The van der Waals surface area contributed by atoms with E-state index in [0.717, 1.165) is 45.2 Å². The molecule has 0 aromatic heterocycles. The largest absolute Gasteiger partial charge is 0.392 e. The van der Waals surface area contributed by atoms with Gasteiger partial charge in [0.25, 0.3) is 0 Å². The molecule has 1 saturated carbocycles. The van der Waals surface area contributed by atoms with E-state index in [0.29, 0.717) is 6.04 Å². The number of anilines is 1. The first-order valence-electron chi connectivity index (χ1n) is 8.41. The van der Waals surface area contributed by atoms with Gasteiger partial charge in [-0.2, -0.15) is 0 Å². The first-order valence-corrected chi connectivity index (χ1v) is 8.41. The summed E-state index contributed by atoms with van der Waals surface area (Å²) in [7, 11) is 2.14. The molecule has 4 nitrogen and oxygen atoms in total. The van der Waals surface area contributed by atoms with Gasteiger partial charge in [-0.05, 0) is 44.2 Å². The average molecular weight is 302 g/mol. The summed E-state index contributed by atoms with van der Waals surface area (Å²) in [5, 5.41) is 9.92. The van der Waals surface area contributed by atoms with E-state index in [2.05, 4.69) is 36.2 Å². The number of aliphatic hydroxyl groups excluding tert-OH is 1. The number of benzene rings is 1. The predicted molar refractivity (Wildman–Crippen MR) is 87.8 cm³/mol. The van der Waals surface area contributed by atoms with E-state index in [1.807, 2.05) is 11.0 Å². The van der Waals surface area contributed by atoms with Crippen LogP contribution in [0.2, 0.25) is 0 Å². The van der Waals surface area contributed by atoms with Gasteiger partial charge < -0.3 is 14.9 Å². The van der Waals surface area contributed by atoms with E-state index in [1.54, 1.807) is 0 Å². The molecule has 0 radical (unpaired) electrons. The topological polar surface area (TPSA) is 43.8 Å². The van der Waals surface area contributed by atoms with Gasteiger partial charge in [0.05, 0.1) is 12.0 Å². The Hall–Kier alpha value is -1.55. The van der Waals surface area contributed by atoms with E-state index in [1.165, 1.54) is 5.69 Å². The van der Waals surface area contributed by atoms with E-state index >= 15 is 0 Å². The highest BCUT2D eigenvalue weighted by molar-refractivity contribution is 5.79. The van der Waals surface area contributed by atoms with Crippen molar-refractivity contribution in [2.45, 2.75) is 44.2 Å². The Morgan fingerprint density at radius 2 is 1.82 bits per heavy atom. The molecule has 2 aliphatic rings. The lowest BCUT2D eigenvalue weighted by atomic mass is 9.99. The minimum atomic E-state index is -0.419. The second-order valence-electron chi connectivity index (χ2n) is 6.61. The van der Waals surface area contributed by atoms with Gasteiger partial charge in [-0.25, -0.2) is 0 Å². The van der Waals surface area contributed by atoms with E-state index in [4.69, 9.17) is 0 Å². The Balaban J connectivity index is 1.55. The highest BCUT2D eigenvalue weighted by Crippen LogP contribution is 2.29. The lowest BCUT2D eigenvalue weighted by Crippen LogP contribution is -2.48. The zero-order chi connectivity index (χ0) is 15.5. The first kappa shape index (κ1) is 15.3. The molecule has 4 heteroatoms. The molecule has 0 bridgehead atoms. The second-order valence-corrected chi connectivity index (χ2v) is 6.61. The van der Waals surface area contributed by atoms with Crippen LogP contribution in [0.15, 0.2) is 30.3 Å². The van der Waals surface area contributed by atoms with Gasteiger partial charge in [-0.15, -0.1) is 0 Å². The maximum absolute atomic E-state index is 12.5. The molecule has 2 fully saturated rings. The number of nitrogens with zero attached hydrogens (tertiary/aromatic N) is 2. The summed E-state index contributed by atoms with van der Waals surface area (Å²) in [6.45, 7) is 1.62. The van der Waals surface area contributed by atoms with Gasteiger partial charge in [0.1, 0.15) is 0 Å². The standard InChI is InChI=1S/C18H26N2O2/c1-19(14-6-3-2-4-7-14)15-10-12-20(13-11-15)18(22)16-8-5-9-17(16)21/h2-4,6-7,15-17,21H,5,8-13H2,1H3. The van der Waals surface area contributed by atoms with Crippen molar-refractivity contribution in [3.05, 3.63) is 30.3 Å². The summed E-state index contributed by atoms with van der Waals surface area (Å²) in [5.41, 5.74) is 1.23. The number of hydrogen-bond acceptors (Lipinski definition) is 3. The van der Waals surface area contributed by atoms with Gasteiger partial charge in [-0.1, -0.05) is 18.2 Å². The molecular weight excluding hydrogens is 276 g/mol. The molecule has 1 aliphatic heterocycles. The van der Waals surface area contributed by atoms with Crippen LogP contribution in [0.5, 0.6) is 0 Å². The van der Waals surface area contributed by atoms with Crippen molar-refractivity contribution < 1.29 is 9.90 Å². The van der Waals surface area contributed by atoms with Crippen LogP contribution < -0.4 is 4.90 Å². The molecule has 1 saturated heterocycles. The highest BCUT2D eigenvalue weighted by atomic mass is 16.3. The number of carbonyl (C=O) groups is 1. The van der Waals surface area contributed by atoms with Crippen molar-refractivity contribution >= 4 is 11.6 Å². The average Bonchev–Trinajstić information content (AvgIpc) is 3.00. The van der Waals surface area contributed by atoms with Crippen LogP contribution in [-0.2, 0) is 4.79 Å². The smallest absolute Gasteiger partial charge is 0.228 e. The second kappa shape index (κ2) is 6.69. The summed E-state index contributed by atoms with van der Waals surface area (Å²) < 4.78 is 0. The third kappa shape index (κ3) is 3.12. The van der Waals surface area contributed by atoms with Crippen LogP contribution in [0.25, 0.3) is 0 Å². The normalized spacial score (nSPS) is 26.2. The first-order chi connectivity index (χ1) is 10.7. The Morgan fingerprint density at radius 3 is 2.41 bits per heavy atom. The molecule has 1 N–H and O–H groups in total. The monoisotopic (exact) mass is 302 g/mol. The molecule has 3 rings (SSSR count). The third-order valence-corrected chi connectivity index (χ3v) is 5.28. The van der Waals surface area contributed by atoms with Crippen LogP contribution in [0, 0.1) is 5.92 Å². The molecule has 2 atom stereocenters. The van der Waals surface area contributed by atoms with Gasteiger partial charge >= 0.3 is 0 Å². The highest BCUT2D eigenvalue weighted by Gasteiger charge is 2.36. The number of rotatable bonds is 3. The Kier molecular flexibility index (Phi) is 4.67. The molecule has 22 heavy (non-hydrogen) atoms. The number of para-hydroxylation sites is 1. The van der Waals surface area contributed by atoms with Crippen LogP contribution in [0.3, 0.4) is 0 Å². The fourth-order valence-electron chi connectivity index (χ4n) is 3.81. The molecule has 1 aromatic carbocycles. The fraction of sp³-hybridized carbons (Fsp3) is 0.611. The summed E-state index contributed by atoms with van der Waals surface area (Å²) >= 11 is 0. The summed E-state index contributed by atoms with van der Waals surface area (Å²) in [5.74, 6) is 0.0224. The maximum Gasteiger partial charge on any atom is 0.228 e. The van der Waals surface area contributed by atoms with E-state index in [-0.39, 0.29) is 11.8 Å². The number of carbonyl (C=O) groups excluding carboxylic acids is 1. The van der Waals surface area contributed by atoms with Crippen LogP contribution >= 0.6 is 0 Å². The number of likely N-dealkylation sites (tertiary alicyclic amines) is 1. The minimum Gasteiger partial charge on any atom is -0.392 e. The summed E-state index contributed by atoms with van der Waals surface area (Å²) in [4.78, 5) is 16.8. The molecule has 1 amide bonds. The SMILES string of the molecule is CN(c1ccccc1)C1CCN(C(=O)C2CCCC2O)CC1. The fourth-order valence-corrected chi connectivity index (χ4v) is 3.81. The molecule has 0 spiro atoms.